The summed E-state index contributed by atoms with van der Waals surface area (Å²) in [5, 5.41) is 0.156. The van der Waals surface area contributed by atoms with Gasteiger partial charge in [0.05, 0.1) is 12.5 Å². The van der Waals surface area contributed by atoms with E-state index in [1.54, 1.807) is 7.11 Å². The van der Waals surface area contributed by atoms with Gasteiger partial charge in [-0.25, -0.2) is 0 Å². The second-order valence-electron chi connectivity index (χ2n) is 6.55. The van der Waals surface area contributed by atoms with Crippen LogP contribution in [0.25, 0.3) is 0 Å². The summed E-state index contributed by atoms with van der Waals surface area (Å²) in [5.74, 6) is 2.50. The normalized spacial score (nSPS) is 23.8. The van der Waals surface area contributed by atoms with Crippen molar-refractivity contribution in [2.45, 2.75) is 64.2 Å². The van der Waals surface area contributed by atoms with Crippen LogP contribution in [-0.4, -0.2) is 7.11 Å². The van der Waals surface area contributed by atoms with Crippen molar-refractivity contribution in [2.75, 3.05) is 7.11 Å². The summed E-state index contributed by atoms with van der Waals surface area (Å²) in [4.78, 5) is 0. The molecule has 0 saturated heterocycles. The third kappa shape index (κ3) is 4.39. The molecular weight excluding hydrogens is 280 g/mol. The molecule has 2 rings (SSSR count). The first-order chi connectivity index (χ1) is 10.2. The Balaban J connectivity index is 1.94. The predicted octanol–water partition coefficient (Wildman–Crippen LogP) is 6.28. The summed E-state index contributed by atoms with van der Waals surface area (Å²) in [6.07, 6.45) is 9.42. The van der Waals surface area contributed by atoms with Gasteiger partial charge in [-0.05, 0) is 54.9 Å². The molecule has 1 aliphatic rings. The van der Waals surface area contributed by atoms with Crippen LogP contribution in [0, 0.1) is 18.8 Å². The van der Waals surface area contributed by atoms with Crippen molar-refractivity contribution in [3.63, 3.8) is 0 Å². The first kappa shape index (κ1) is 16.7. The molecule has 1 saturated carbocycles. The fourth-order valence-electron chi connectivity index (χ4n) is 3.60. The van der Waals surface area contributed by atoms with E-state index >= 15 is 0 Å². The van der Waals surface area contributed by atoms with Gasteiger partial charge in [0.1, 0.15) is 5.75 Å². The number of aryl methyl sites for hydroxylation is 1. The Morgan fingerprint density at radius 3 is 2.52 bits per heavy atom. The minimum atomic E-state index is 0.156. The van der Waals surface area contributed by atoms with Crippen LogP contribution in [0.4, 0.5) is 0 Å². The number of halogens is 1. The Morgan fingerprint density at radius 2 is 1.95 bits per heavy atom. The molecule has 2 heteroatoms. The largest absolute Gasteiger partial charge is 0.497 e. The van der Waals surface area contributed by atoms with E-state index in [9.17, 15) is 0 Å². The van der Waals surface area contributed by atoms with E-state index in [0.29, 0.717) is 5.92 Å². The molecule has 0 heterocycles. The SMILES string of the molecule is CCCCC1CCC(C(Cl)c2ccc(OC)cc2C)CC1. The van der Waals surface area contributed by atoms with Gasteiger partial charge < -0.3 is 4.74 Å². The zero-order chi connectivity index (χ0) is 15.2. The smallest absolute Gasteiger partial charge is 0.119 e. The van der Waals surface area contributed by atoms with Crippen LogP contribution in [0.1, 0.15) is 68.4 Å². The van der Waals surface area contributed by atoms with Gasteiger partial charge >= 0.3 is 0 Å². The average Bonchev–Trinajstić information content (AvgIpc) is 2.52. The van der Waals surface area contributed by atoms with Gasteiger partial charge in [-0.15, -0.1) is 11.6 Å². The fraction of sp³-hybridized carbons (Fsp3) is 0.684. The van der Waals surface area contributed by atoms with E-state index in [-0.39, 0.29) is 5.38 Å². The first-order valence-electron chi connectivity index (χ1n) is 8.44. The molecule has 21 heavy (non-hydrogen) atoms. The Morgan fingerprint density at radius 1 is 1.24 bits per heavy atom. The Hall–Kier alpha value is -0.690. The number of hydrogen-bond donors (Lipinski definition) is 0. The molecule has 0 spiro atoms. The molecule has 1 unspecified atom stereocenters. The predicted molar refractivity (Wildman–Crippen MR) is 91.3 cm³/mol. The molecule has 0 aliphatic heterocycles. The number of rotatable bonds is 6. The lowest BCUT2D eigenvalue weighted by molar-refractivity contribution is 0.254. The summed E-state index contributed by atoms with van der Waals surface area (Å²) >= 11 is 6.80. The van der Waals surface area contributed by atoms with Crippen molar-refractivity contribution in [2.24, 2.45) is 11.8 Å². The van der Waals surface area contributed by atoms with Gasteiger partial charge in [0.15, 0.2) is 0 Å². The number of benzene rings is 1. The highest BCUT2D eigenvalue weighted by atomic mass is 35.5. The fourth-order valence-corrected chi connectivity index (χ4v) is 4.10. The van der Waals surface area contributed by atoms with Crippen molar-refractivity contribution >= 4 is 11.6 Å². The van der Waals surface area contributed by atoms with E-state index in [1.165, 1.54) is 56.1 Å². The van der Waals surface area contributed by atoms with Gasteiger partial charge in [-0.1, -0.05) is 45.1 Å². The van der Waals surface area contributed by atoms with E-state index in [4.69, 9.17) is 16.3 Å². The second kappa shape index (κ2) is 8.08. The summed E-state index contributed by atoms with van der Waals surface area (Å²) in [6, 6.07) is 6.27. The summed E-state index contributed by atoms with van der Waals surface area (Å²) in [5.41, 5.74) is 2.54. The highest BCUT2D eigenvalue weighted by Crippen LogP contribution is 2.42. The van der Waals surface area contributed by atoms with E-state index in [1.807, 2.05) is 6.07 Å². The Kier molecular flexibility index (Phi) is 6.41. The van der Waals surface area contributed by atoms with Gasteiger partial charge in [-0.3, -0.25) is 0 Å². The number of methoxy groups -OCH3 is 1. The lowest BCUT2D eigenvalue weighted by Gasteiger charge is -2.32. The van der Waals surface area contributed by atoms with Crippen molar-refractivity contribution in [3.05, 3.63) is 29.3 Å². The van der Waals surface area contributed by atoms with Crippen LogP contribution in [-0.2, 0) is 0 Å². The third-order valence-corrected chi connectivity index (χ3v) is 5.64. The van der Waals surface area contributed by atoms with Crippen molar-refractivity contribution < 1.29 is 4.74 Å². The molecule has 0 radical (unpaired) electrons. The maximum atomic E-state index is 6.80. The first-order valence-corrected chi connectivity index (χ1v) is 8.88. The van der Waals surface area contributed by atoms with Gasteiger partial charge in [-0.2, -0.15) is 0 Å². The quantitative estimate of drug-likeness (QED) is 0.562. The van der Waals surface area contributed by atoms with Gasteiger partial charge in [0.25, 0.3) is 0 Å². The van der Waals surface area contributed by atoms with E-state index in [0.717, 1.165) is 11.7 Å². The van der Waals surface area contributed by atoms with Crippen LogP contribution in [0.15, 0.2) is 18.2 Å². The Bertz CT molecular complexity index is 435. The van der Waals surface area contributed by atoms with Crippen LogP contribution >= 0.6 is 11.6 Å². The summed E-state index contributed by atoms with van der Waals surface area (Å²) < 4.78 is 5.28. The third-order valence-electron chi connectivity index (χ3n) is 5.05. The molecule has 0 aromatic heterocycles. The average molecular weight is 309 g/mol. The summed E-state index contributed by atoms with van der Waals surface area (Å²) in [6.45, 7) is 4.42. The van der Waals surface area contributed by atoms with E-state index in [2.05, 4.69) is 26.0 Å². The topological polar surface area (TPSA) is 9.23 Å². The monoisotopic (exact) mass is 308 g/mol. The minimum absolute atomic E-state index is 0.156. The molecule has 118 valence electrons. The molecule has 0 bridgehead atoms. The maximum Gasteiger partial charge on any atom is 0.119 e. The molecule has 1 aliphatic carbocycles. The lowest BCUT2D eigenvalue weighted by atomic mass is 9.77. The van der Waals surface area contributed by atoms with E-state index < -0.39 is 0 Å². The molecule has 1 nitrogen and oxygen atoms in total. The Labute approximate surface area is 135 Å². The molecule has 1 aromatic rings. The van der Waals surface area contributed by atoms with Crippen molar-refractivity contribution in [1.82, 2.24) is 0 Å². The van der Waals surface area contributed by atoms with Crippen LogP contribution < -0.4 is 4.74 Å². The summed E-state index contributed by atoms with van der Waals surface area (Å²) in [7, 11) is 1.71. The molecule has 1 aromatic carbocycles. The van der Waals surface area contributed by atoms with Crippen LogP contribution in [0.2, 0.25) is 0 Å². The molecule has 1 atom stereocenters. The van der Waals surface area contributed by atoms with Crippen molar-refractivity contribution in [3.8, 4) is 5.75 Å². The zero-order valence-electron chi connectivity index (χ0n) is 13.7. The van der Waals surface area contributed by atoms with Crippen LogP contribution in [0.5, 0.6) is 5.75 Å². The zero-order valence-corrected chi connectivity index (χ0v) is 14.5. The molecule has 1 fully saturated rings. The lowest BCUT2D eigenvalue weighted by Crippen LogP contribution is -2.18. The number of ether oxygens (including phenoxy) is 1. The highest BCUT2D eigenvalue weighted by molar-refractivity contribution is 6.21. The minimum Gasteiger partial charge on any atom is -0.497 e. The number of alkyl halides is 1. The maximum absolute atomic E-state index is 6.80. The molecule has 0 N–H and O–H groups in total. The standard InChI is InChI=1S/C19H29ClO/c1-4-5-6-15-7-9-16(10-8-15)19(20)18-12-11-17(21-3)13-14(18)2/h11-13,15-16,19H,4-10H2,1-3H3. The van der Waals surface area contributed by atoms with Crippen LogP contribution in [0.3, 0.4) is 0 Å². The molecular formula is C19H29ClO. The molecule has 0 amide bonds. The number of unbranched alkanes of at least 4 members (excludes halogenated alkanes) is 1. The highest BCUT2D eigenvalue weighted by Gasteiger charge is 2.27. The van der Waals surface area contributed by atoms with Gasteiger partial charge in [0.2, 0.25) is 0 Å². The van der Waals surface area contributed by atoms with Gasteiger partial charge in [0, 0.05) is 0 Å². The second-order valence-corrected chi connectivity index (χ2v) is 7.02. The van der Waals surface area contributed by atoms with Crippen molar-refractivity contribution in [1.29, 1.82) is 0 Å². The number of hydrogen-bond acceptors (Lipinski definition) is 1.